The standard InChI is InChI=1S/C71H57BS2.C63H46BNS2/c1-69(2,50-25-13-8-14-26-50)53-35-37-62-60(44-53)72-61-45-54(70(3,4)51-27-15-9-16-28-51)36-38-63(61)74-65-43-48(42-64(73-62)68(65)72)47-39-49(41-55(40-47)71(5,6)52-29-17-10-18-30-52)67-58-33-21-19-31-56(58)66(46-23-11-7-12-24-46)57-32-20-22-34-59(57)67;1-62(2,45-20-10-6-11-21-45)47-28-30-55-53(37-47)64-54-38-48(63(3,4)46-22-12-7-13-23-46)29-31-56(54)67-58-36-43(35-57(66-55)61(58)64)42-32-40(39-65)33-44(34-42)60-51-26-16-14-24-49(51)59(41-18-8-5-9-19-41)50-25-15-17-27-52(50)60/h7-45H,1-6H3;5-38H,1-4H3. The Morgan fingerprint density at radius 3 is 0.645 bits per heavy atom. The van der Waals surface area contributed by atoms with Crippen molar-refractivity contribution < 1.29 is 0 Å². The summed E-state index contributed by atoms with van der Waals surface area (Å²) in [5.41, 5.74) is 35.5. The maximum Gasteiger partial charge on any atom is 0.247 e. The fraction of sp³-hybridized carbons (Fsp3) is 0.112. The van der Waals surface area contributed by atoms with E-state index in [1.807, 2.05) is 47.0 Å². The first kappa shape index (κ1) is 89.3. The first-order chi connectivity index (χ1) is 68.6. The molecule has 0 saturated heterocycles. The first-order valence-corrected chi connectivity index (χ1v) is 52.5. The van der Waals surface area contributed by atoms with Crippen LogP contribution in [0.4, 0.5) is 0 Å². The van der Waals surface area contributed by atoms with Crippen molar-refractivity contribution in [3.8, 4) is 72.8 Å². The Morgan fingerprint density at radius 2 is 0.383 bits per heavy atom. The number of nitrogens with zero attached hydrogens (tertiary/aromatic N) is 1. The lowest BCUT2D eigenvalue weighted by Crippen LogP contribution is -2.58. The number of nitriles is 1. The van der Waals surface area contributed by atoms with Crippen molar-refractivity contribution in [1.82, 2.24) is 0 Å². The summed E-state index contributed by atoms with van der Waals surface area (Å²) in [7, 11) is 0. The van der Waals surface area contributed by atoms with Gasteiger partial charge in [-0.15, -0.1) is 0 Å². The minimum atomic E-state index is -0.285. The molecule has 0 unspecified atom stereocenters. The molecule has 0 N–H and O–H groups in total. The molecule has 25 rings (SSSR count). The Kier molecular flexibility index (Phi) is 22.5. The minimum absolute atomic E-state index is 0.0615. The Hall–Kier alpha value is -14.3. The van der Waals surface area contributed by atoms with Crippen LogP contribution in [-0.2, 0) is 27.1 Å². The summed E-state index contributed by atoms with van der Waals surface area (Å²) in [6.45, 7) is 23.8. The molecule has 0 saturated carbocycles. The second kappa shape index (κ2) is 35.5. The zero-order chi connectivity index (χ0) is 95.8. The summed E-state index contributed by atoms with van der Waals surface area (Å²) < 4.78 is 0. The van der Waals surface area contributed by atoms with Gasteiger partial charge in [0, 0.05) is 66.2 Å². The second-order valence-corrected chi connectivity index (χ2v) is 45.5. The summed E-state index contributed by atoms with van der Waals surface area (Å²) in [5, 5.41) is 20.5. The molecule has 0 atom stereocenters. The van der Waals surface area contributed by atoms with Crippen molar-refractivity contribution in [2.45, 2.75) is 135 Å². The zero-order valence-electron chi connectivity index (χ0n) is 80.9. The summed E-state index contributed by atoms with van der Waals surface area (Å²) in [5.74, 6) is 0. The maximum absolute atomic E-state index is 10.7. The van der Waals surface area contributed by atoms with Crippen LogP contribution in [0.1, 0.15) is 130 Å². The Balaban J connectivity index is 0.000000153. The molecule has 141 heavy (non-hydrogen) atoms. The highest BCUT2D eigenvalue weighted by molar-refractivity contribution is 8.02. The molecule has 4 aliphatic heterocycles. The molecule has 4 heterocycles. The van der Waals surface area contributed by atoms with Gasteiger partial charge in [-0.05, 0) is 249 Å². The van der Waals surface area contributed by atoms with Crippen LogP contribution in [0.15, 0.2) is 482 Å². The molecule has 0 aromatic heterocycles. The highest BCUT2D eigenvalue weighted by Crippen LogP contribution is 2.53. The van der Waals surface area contributed by atoms with E-state index in [1.165, 1.54) is 215 Å². The van der Waals surface area contributed by atoms with E-state index in [2.05, 4.69) is 518 Å². The summed E-state index contributed by atoms with van der Waals surface area (Å²) in [6, 6.07) is 168. The van der Waals surface area contributed by atoms with Crippen LogP contribution in [0.3, 0.4) is 0 Å². The van der Waals surface area contributed by atoms with E-state index >= 15 is 0 Å². The van der Waals surface area contributed by atoms with E-state index in [9.17, 15) is 5.26 Å². The van der Waals surface area contributed by atoms with Crippen LogP contribution in [0, 0.1) is 11.3 Å². The predicted octanol–water partition coefficient (Wildman–Crippen LogP) is 32.4. The molecule has 21 aromatic rings. The SMILES string of the molecule is CC(C)(c1ccccc1)c1cc(-c2cc3c4c(c2)Sc2ccc(C(C)(C)c5ccccc5)cc2B4c2cc(C(C)(C)c4ccccc4)ccc2S3)cc(-c2c3ccccc3c(-c3ccccc3)c3ccccc23)c1.CC(C)(c1ccccc1)c1ccc2c(c1)B1c3cc(C(C)(C)c4ccccc4)ccc3Sc3cc(-c4cc(C#N)cc(-c5c6ccccc6c(-c6ccccc6)c6ccccc56)c4)cc(c31)S2. The molecule has 674 valence electrons. The lowest BCUT2D eigenvalue weighted by Gasteiger charge is -2.36. The summed E-state index contributed by atoms with van der Waals surface area (Å²) in [6.07, 6.45) is 0. The zero-order valence-corrected chi connectivity index (χ0v) is 84.1. The van der Waals surface area contributed by atoms with Crippen molar-refractivity contribution in [3.05, 3.63) is 504 Å². The van der Waals surface area contributed by atoms with Crippen LogP contribution in [-0.4, -0.2) is 13.4 Å². The average molecular weight is 1880 g/mol. The normalized spacial score (nSPS) is 13.0. The Labute approximate surface area is 846 Å². The van der Waals surface area contributed by atoms with Gasteiger partial charge in [0.1, 0.15) is 0 Å². The number of rotatable bonds is 16. The van der Waals surface area contributed by atoms with Crippen LogP contribution in [0.2, 0.25) is 0 Å². The van der Waals surface area contributed by atoms with Crippen molar-refractivity contribution in [2.75, 3.05) is 0 Å². The van der Waals surface area contributed by atoms with Gasteiger partial charge in [-0.3, -0.25) is 0 Å². The van der Waals surface area contributed by atoms with Crippen LogP contribution < -0.4 is 32.8 Å². The monoisotopic (exact) mass is 1880 g/mol. The fourth-order valence-electron chi connectivity index (χ4n) is 23.0. The third-order valence-electron chi connectivity index (χ3n) is 31.3. The van der Waals surface area contributed by atoms with E-state index < -0.39 is 0 Å². The van der Waals surface area contributed by atoms with Crippen molar-refractivity contribution >= 4 is 136 Å². The van der Waals surface area contributed by atoms with Crippen molar-refractivity contribution in [1.29, 1.82) is 5.26 Å². The lowest BCUT2D eigenvalue weighted by atomic mass is 9.36. The molecule has 0 aliphatic carbocycles. The van der Waals surface area contributed by atoms with E-state index in [4.69, 9.17) is 0 Å². The maximum atomic E-state index is 10.7. The largest absolute Gasteiger partial charge is 0.247 e. The topological polar surface area (TPSA) is 23.8 Å². The summed E-state index contributed by atoms with van der Waals surface area (Å²) >= 11 is 7.68. The minimum Gasteiger partial charge on any atom is -0.192 e. The third kappa shape index (κ3) is 15.5. The number of benzene rings is 21. The highest BCUT2D eigenvalue weighted by atomic mass is 32.2. The van der Waals surface area contributed by atoms with E-state index in [0.29, 0.717) is 5.56 Å². The molecule has 0 amide bonds. The van der Waals surface area contributed by atoms with Gasteiger partial charge in [0.15, 0.2) is 0 Å². The summed E-state index contributed by atoms with van der Waals surface area (Å²) in [4.78, 5) is 10.5. The first-order valence-electron chi connectivity index (χ1n) is 49.2. The fourth-order valence-corrected chi connectivity index (χ4v) is 27.9. The molecule has 0 radical (unpaired) electrons. The average Bonchev–Trinajstić information content (AvgIpc) is 0.717. The number of fused-ring (bicyclic) bond motifs is 12. The van der Waals surface area contributed by atoms with Gasteiger partial charge in [0.25, 0.3) is 0 Å². The molecule has 4 aliphatic rings. The van der Waals surface area contributed by atoms with E-state index in [0.717, 1.165) is 22.3 Å². The van der Waals surface area contributed by atoms with Crippen LogP contribution >= 0.6 is 47.0 Å². The van der Waals surface area contributed by atoms with Gasteiger partial charge in [-0.25, -0.2) is 0 Å². The van der Waals surface area contributed by atoms with Crippen LogP contribution in [0.5, 0.6) is 0 Å². The van der Waals surface area contributed by atoms with E-state index in [1.54, 1.807) is 0 Å². The molecule has 7 heteroatoms. The second-order valence-electron chi connectivity index (χ2n) is 41.1. The van der Waals surface area contributed by atoms with Gasteiger partial charge < -0.3 is 0 Å². The van der Waals surface area contributed by atoms with Gasteiger partial charge in [0.2, 0.25) is 13.4 Å². The lowest BCUT2D eigenvalue weighted by molar-refractivity contribution is 0.640. The molecule has 21 aromatic carbocycles. The predicted molar refractivity (Wildman–Crippen MR) is 605 cm³/mol. The number of hydrogen-bond donors (Lipinski definition) is 0. The molecular formula is C134H103B2NS4. The van der Waals surface area contributed by atoms with Gasteiger partial charge in [0.05, 0.1) is 11.6 Å². The van der Waals surface area contributed by atoms with Gasteiger partial charge >= 0.3 is 0 Å². The molecule has 0 spiro atoms. The molecule has 0 fully saturated rings. The number of hydrogen-bond acceptors (Lipinski definition) is 5. The molecule has 1 nitrogen and oxygen atoms in total. The Morgan fingerprint density at radius 1 is 0.177 bits per heavy atom. The third-order valence-corrected chi connectivity index (χ3v) is 35.9. The molecular weight excluding hydrogens is 1770 g/mol. The van der Waals surface area contributed by atoms with Crippen molar-refractivity contribution in [3.63, 3.8) is 0 Å². The van der Waals surface area contributed by atoms with Crippen molar-refractivity contribution in [2.24, 2.45) is 0 Å². The quantitative estimate of drug-likeness (QED) is 0.0709. The molecule has 0 bridgehead atoms. The smallest absolute Gasteiger partial charge is 0.192 e. The van der Waals surface area contributed by atoms with Crippen LogP contribution in [0.25, 0.3) is 110 Å². The highest BCUT2D eigenvalue weighted by Gasteiger charge is 2.44. The van der Waals surface area contributed by atoms with Gasteiger partial charge in [-0.1, -0.05) is 508 Å². The van der Waals surface area contributed by atoms with Gasteiger partial charge in [-0.2, -0.15) is 5.26 Å². The van der Waals surface area contributed by atoms with E-state index in [-0.39, 0.29) is 40.5 Å². The Bertz CT molecular complexity index is 8260.